The number of rotatable bonds is 5. The fraction of sp³-hybridized carbons (Fsp3) is 0.412. The van der Waals surface area contributed by atoms with Crippen LogP contribution in [0.4, 0.5) is 8.78 Å². The first-order chi connectivity index (χ1) is 12.0. The van der Waals surface area contributed by atoms with Crippen LogP contribution in [0.2, 0.25) is 0 Å². The molecule has 25 heavy (non-hydrogen) atoms. The van der Waals surface area contributed by atoms with E-state index in [4.69, 9.17) is 0 Å². The first-order valence-electron chi connectivity index (χ1n) is 8.14. The number of carbonyl (C=O) groups is 2. The van der Waals surface area contributed by atoms with Crippen LogP contribution in [0.15, 0.2) is 30.9 Å². The zero-order valence-corrected chi connectivity index (χ0v) is 13.6. The molecule has 1 fully saturated rings. The second kappa shape index (κ2) is 7.50. The van der Waals surface area contributed by atoms with Crippen molar-refractivity contribution >= 4 is 11.7 Å². The summed E-state index contributed by atoms with van der Waals surface area (Å²) in [6.07, 6.45) is 4.16. The summed E-state index contributed by atoms with van der Waals surface area (Å²) in [4.78, 5) is 30.1. The van der Waals surface area contributed by atoms with E-state index in [1.807, 2.05) is 0 Å². The van der Waals surface area contributed by atoms with Gasteiger partial charge in [-0.3, -0.25) is 14.3 Å². The summed E-state index contributed by atoms with van der Waals surface area (Å²) in [5, 5.41) is 3.94. The lowest BCUT2D eigenvalue weighted by Crippen LogP contribution is -2.40. The second-order valence-corrected chi connectivity index (χ2v) is 6.05. The Hall–Kier alpha value is -2.64. The van der Waals surface area contributed by atoms with Crippen LogP contribution < -0.4 is 0 Å². The summed E-state index contributed by atoms with van der Waals surface area (Å²) in [7, 11) is 0. The summed E-state index contributed by atoms with van der Waals surface area (Å²) in [5.41, 5.74) is -0.212. The molecule has 132 valence electrons. The minimum atomic E-state index is -0.710. The molecule has 0 radical (unpaired) electrons. The topological polar surface area (TPSA) is 68.1 Å². The van der Waals surface area contributed by atoms with Crippen molar-refractivity contribution < 1.29 is 18.4 Å². The standard InChI is InChI=1S/C17H18F2N4O2/c18-13-1-2-15(19)14(9-13)17(25)12-3-6-22(7-4-12)16(24)5-8-23-11-20-10-21-23/h1-2,9-12H,3-8H2. The van der Waals surface area contributed by atoms with Crippen LogP contribution in [0.5, 0.6) is 0 Å². The molecule has 1 amide bonds. The monoisotopic (exact) mass is 348 g/mol. The summed E-state index contributed by atoms with van der Waals surface area (Å²) >= 11 is 0. The maximum Gasteiger partial charge on any atom is 0.224 e. The molecule has 0 aliphatic carbocycles. The summed E-state index contributed by atoms with van der Waals surface area (Å²) in [6, 6.07) is 2.89. The zero-order chi connectivity index (χ0) is 17.8. The van der Waals surface area contributed by atoms with Crippen molar-refractivity contribution in [3.63, 3.8) is 0 Å². The Bertz CT molecular complexity index is 756. The van der Waals surface area contributed by atoms with E-state index in [1.165, 1.54) is 6.33 Å². The van der Waals surface area contributed by atoms with Gasteiger partial charge in [0, 0.05) is 25.4 Å². The van der Waals surface area contributed by atoms with Gasteiger partial charge in [0.05, 0.1) is 12.1 Å². The van der Waals surface area contributed by atoms with Gasteiger partial charge in [-0.15, -0.1) is 0 Å². The largest absolute Gasteiger partial charge is 0.343 e. The predicted molar refractivity (Wildman–Crippen MR) is 84.6 cm³/mol. The van der Waals surface area contributed by atoms with E-state index in [2.05, 4.69) is 10.1 Å². The molecule has 2 aromatic rings. The molecule has 2 heterocycles. The van der Waals surface area contributed by atoms with Crippen LogP contribution in [0.3, 0.4) is 0 Å². The lowest BCUT2D eigenvalue weighted by atomic mass is 9.88. The molecule has 1 aliphatic heterocycles. The predicted octanol–water partition coefficient (Wildman–Crippen LogP) is 2.07. The molecule has 0 N–H and O–H groups in total. The van der Waals surface area contributed by atoms with Crippen LogP contribution in [0.25, 0.3) is 0 Å². The first-order valence-corrected chi connectivity index (χ1v) is 8.14. The van der Waals surface area contributed by atoms with Crippen molar-refractivity contribution in [1.82, 2.24) is 19.7 Å². The van der Waals surface area contributed by atoms with Crippen LogP contribution >= 0.6 is 0 Å². The minimum absolute atomic E-state index is 0.0154. The number of nitrogens with zero attached hydrogens (tertiary/aromatic N) is 4. The Labute approximate surface area is 143 Å². The molecule has 1 saturated heterocycles. The molecule has 0 bridgehead atoms. The molecular formula is C17H18F2N4O2. The van der Waals surface area contributed by atoms with E-state index in [0.717, 1.165) is 18.2 Å². The number of aromatic nitrogens is 3. The molecule has 1 aromatic heterocycles. The van der Waals surface area contributed by atoms with Gasteiger partial charge in [0.2, 0.25) is 5.91 Å². The normalized spacial score (nSPS) is 15.4. The van der Waals surface area contributed by atoms with Gasteiger partial charge in [-0.1, -0.05) is 0 Å². The summed E-state index contributed by atoms with van der Waals surface area (Å²) < 4.78 is 28.6. The summed E-state index contributed by atoms with van der Waals surface area (Å²) in [5.74, 6) is -2.15. The third kappa shape index (κ3) is 4.07. The molecule has 0 spiro atoms. The number of Topliss-reactive ketones (excluding diaryl/α,β-unsaturated/α-hetero) is 1. The molecule has 1 aliphatic rings. The highest BCUT2D eigenvalue weighted by Crippen LogP contribution is 2.24. The van der Waals surface area contributed by atoms with Gasteiger partial charge >= 0.3 is 0 Å². The van der Waals surface area contributed by atoms with Crippen molar-refractivity contribution in [2.24, 2.45) is 5.92 Å². The van der Waals surface area contributed by atoms with Gasteiger partial charge in [-0.05, 0) is 31.0 Å². The number of carbonyl (C=O) groups excluding carboxylic acids is 2. The number of ketones is 1. The third-order valence-electron chi connectivity index (χ3n) is 4.43. The van der Waals surface area contributed by atoms with Gasteiger partial charge in [-0.25, -0.2) is 13.8 Å². The average molecular weight is 348 g/mol. The Balaban J connectivity index is 1.53. The number of likely N-dealkylation sites (tertiary alicyclic amines) is 1. The molecular weight excluding hydrogens is 330 g/mol. The van der Waals surface area contributed by atoms with Crippen LogP contribution in [-0.2, 0) is 11.3 Å². The average Bonchev–Trinajstić information content (AvgIpc) is 3.15. The van der Waals surface area contributed by atoms with Gasteiger partial charge in [0.1, 0.15) is 24.3 Å². The van der Waals surface area contributed by atoms with E-state index in [-0.39, 0.29) is 11.5 Å². The smallest absolute Gasteiger partial charge is 0.224 e. The highest BCUT2D eigenvalue weighted by molar-refractivity contribution is 5.98. The second-order valence-electron chi connectivity index (χ2n) is 6.05. The lowest BCUT2D eigenvalue weighted by Gasteiger charge is -2.31. The first kappa shape index (κ1) is 17.2. The fourth-order valence-corrected chi connectivity index (χ4v) is 3.01. The minimum Gasteiger partial charge on any atom is -0.343 e. The van der Waals surface area contributed by atoms with E-state index in [1.54, 1.807) is 15.9 Å². The van der Waals surface area contributed by atoms with Gasteiger partial charge in [0.15, 0.2) is 5.78 Å². The van der Waals surface area contributed by atoms with Gasteiger partial charge < -0.3 is 4.90 Å². The van der Waals surface area contributed by atoms with E-state index in [0.29, 0.717) is 38.9 Å². The quantitative estimate of drug-likeness (QED) is 0.776. The van der Waals surface area contributed by atoms with Gasteiger partial charge in [0.25, 0.3) is 0 Å². The Morgan fingerprint density at radius 2 is 1.96 bits per heavy atom. The molecule has 1 aromatic carbocycles. The van der Waals surface area contributed by atoms with Crippen LogP contribution in [-0.4, -0.2) is 44.4 Å². The van der Waals surface area contributed by atoms with Crippen LogP contribution in [0.1, 0.15) is 29.6 Å². The number of aryl methyl sites for hydroxylation is 1. The van der Waals surface area contributed by atoms with E-state index >= 15 is 0 Å². The molecule has 0 saturated carbocycles. The number of benzene rings is 1. The van der Waals surface area contributed by atoms with E-state index in [9.17, 15) is 18.4 Å². The molecule has 6 nitrogen and oxygen atoms in total. The SMILES string of the molecule is O=C(c1cc(F)ccc1F)C1CCN(C(=O)CCn2cncn2)CC1. The van der Waals surface area contributed by atoms with Crippen molar-refractivity contribution in [3.05, 3.63) is 48.1 Å². The lowest BCUT2D eigenvalue weighted by molar-refractivity contribution is -0.132. The summed E-state index contributed by atoms with van der Waals surface area (Å²) in [6.45, 7) is 1.32. The Kier molecular flexibility index (Phi) is 5.16. The highest BCUT2D eigenvalue weighted by atomic mass is 19.1. The maximum absolute atomic E-state index is 13.7. The van der Waals surface area contributed by atoms with Crippen molar-refractivity contribution in [2.75, 3.05) is 13.1 Å². The third-order valence-corrected chi connectivity index (χ3v) is 4.43. The highest BCUT2D eigenvalue weighted by Gasteiger charge is 2.29. The molecule has 0 atom stereocenters. The molecule has 8 heteroatoms. The number of hydrogen-bond acceptors (Lipinski definition) is 4. The van der Waals surface area contributed by atoms with Crippen LogP contribution in [0, 0.1) is 17.6 Å². The number of amides is 1. The number of halogens is 2. The number of piperidine rings is 1. The Morgan fingerprint density at radius 3 is 2.64 bits per heavy atom. The van der Waals surface area contributed by atoms with Crippen molar-refractivity contribution in [3.8, 4) is 0 Å². The van der Waals surface area contributed by atoms with Crippen molar-refractivity contribution in [1.29, 1.82) is 0 Å². The zero-order valence-electron chi connectivity index (χ0n) is 13.6. The maximum atomic E-state index is 13.7. The molecule has 0 unspecified atom stereocenters. The fourth-order valence-electron chi connectivity index (χ4n) is 3.01. The number of hydrogen-bond donors (Lipinski definition) is 0. The van der Waals surface area contributed by atoms with Gasteiger partial charge in [-0.2, -0.15) is 5.10 Å². The van der Waals surface area contributed by atoms with Crippen molar-refractivity contribution in [2.45, 2.75) is 25.8 Å². The van der Waals surface area contributed by atoms with E-state index < -0.39 is 23.3 Å². The Morgan fingerprint density at radius 1 is 1.20 bits per heavy atom. The molecule has 3 rings (SSSR count).